The number of rotatable bonds is 4. The predicted molar refractivity (Wildman–Crippen MR) is 62.6 cm³/mol. The average Bonchev–Trinajstić information content (AvgIpc) is 2.30. The summed E-state index contributed by atoms with van der Waals surface area (Å²) in [6.45, 7) is 1.60. The minimum absolute atomic E-state index is 0.0803. The van der Waals surface area contributed by atoms with Gasteiger partial charge in [0.1, 0.15) is 0 Å². The van der Waals surface area contributed by atoms with Gasteiger partial charge in [0.05, 0.1) is 29.6 Å². The van der Waals surface area contributed by atoms with Gasteiger partial charge in [-0.3, -0.25) is 14.6 Å². The fourth-order valence-electron chi connectivity index (χ4n) is 1.22. The Morgan fingerprint density at radius 3 is 2.76 bits per heavy atom. The molecule has 0 saturated carbocycles. The van der Waals surface area contributed by atoms with Gasteiger partial charge in [-0.2, -0.15) is 0 Å². The lowest BCUT2D eigenvalue weighted by atomic mass is 10.1. The lowest BCUT2D eigenvalue weighted by Gasteiger charge is -2.07. The Balaban J connectivity index is 3.07. The van der Waals surface area contributed by atoms with E-state index >= 15 is 0 Å². The lowest BCUT2D eigenvalue weighted by molar-refractivity contribution is -0.139. The van der Waals surface area contributed by atoms with Crippen molar-refractivity contribution in [2.45, 2.75) is 18.2 Å². The van der Waals surface area contributed by atoms with E-state index in [-0.39, 0.29) is 17.7 Å². The van der Waals surface area contributed by atoms with Crippen LogP contribution in [0.3, 0.4) is 0 Å². The first-order chi connectivity index (χ1) is 7.97. The number of Topliss-reactive ketones (excluding diaryl/α,β-unsaturated/α-hetero) is 1. The summed E-state index contributed by atoms with van der Waals surface area (Å²) in [7, 11) is 1.20. The number of ether oxygens (including phenoxy) is 1. The molecule has 1 aromatic rings. The van der Waals surface area contributed by atoms with E-state index in [0.29, 0.717) is 0 Å². The summed E-state index contributed by atoms with van der Waals surface area (Å²) in [5.74, 6) is -1.77. The number of alkyl halides is 1. The molecule has 0 aliphatic carbocycles. The molecule has 1 heterocycles. The predicted octanol–water partition coefficient (Wildman–Crippen LogP) is 1.90. The normalized spacial score (nSPS) is 12.0. The third kappa shape index (κ3) is 3.33. The largest absolute Gasteiger partial charge is 0.469 e. The van der Waals surface area contributed by atoms with E-state index in [9.17, 15) is 14.0 Å². The Hall–Kier alpha value is -1.30. The highest BCUT2D eigenvalue weighted by Crippen LogP contribution is 2.16. The monoisotopic (exact) mass is 303 g/mol. The van der Waals surface area contributed by atoms with Crippen molar-refractivity contribution >= 4 is 27.7 Å². The molecule has 0 bridgehead atoms. The van der Waals surface area contributed by atoms with Crippen molar-refractivity contribution in [1.29, 1.82) is 0 Å². The van der Waals surface area contributed by atoms with Crippen molar-refractivity contribution < 1.29 is 18.7 Å². The van der Waals surface area contributed by atoms with E-state index in [1.807, 2.05) is 0 Å². The molecule has 0 saturated heterocycles. The molecule has 92 valence electrons. The van der Waals surface area contributed by atoms with Gasteiger partial charge in [0.15, 0.2) is 11.6 Å². The summed E-state index contributed by atoms with van der Waals surface area (Å²) in [5.41, 5.74) is -0.167. The zero-order valence-electron chi connectivity index (χ0n) is 9.37. The number of carbonyl (C=O) groups is 2. The van der Waals surface area contributed by atoms with Crippen LogP contribution in [0.5, 0.6) is 0 Å². The van der Waals surface area contributed by atoms with Crippen molar-refractivity contribution in [2.75, 3.05) is 7.11 Å². The van der Waals surface area contributed by atoms with Gasteiger partial charge in [0, 0.05) is 6.20 Å². The van der Waals surface area contributed by atoms with E-state index < -0.39 is 22.4 Å². The van der Waals surface area contributed by atoms with Crippen LogP contribution in [0.25, 0.3) is 0 Å². The average molecular weight is 304 g/mol. The molecule has 4 nitrogen and oxygen atoms in total. The van der Waals surface area contributed by atoms with E-state index in [4.69, 9.17) is 0 Å². The zero-order chi connectivity index (χ0) is 13.0. The molecule has 17 heavy (non-hydrogen) atoms. The third-order valence-corrected chi connectivity index (χ3v) is 2.54. The van der Waals surface area contributed by atoms with Crippen molar-refractivity contribution in [3.05, 3.63) is 29.3 Å². The van der Waals surface area contributed by atoms with E-state index in [2.05, 4.69) is 25.7 Å². The number of hydrogen-bond donors (Lipinski definition) is 0. The Bertz CT molecular complexity index is 448. The fourth-order valence-corrected chi connectivity index (χ4v) is 1.47. The number of hydrogen-bond acceptors (Lipinski definition) is 4. The van der Waals surface area contributed by atoms with Gasteiger partial charge in [-0.15, -0.1) is 0 Å². The van der Waals surface area contributed by atoms with Crippen molar-refractivity contribution in [2.24, 2.45) is 0 Å². The fraction of sp³-hybridized carbons (Fsp3) is 0.364. The van der Waals surface area contributed by atoms with Crippen LogP contribution in [0.15, 0.2) is 12.3 Å². The number of pyridine rings is 1. The number of nitrogens with zero attached hydrogens (tertiary/aromatic N) is 1. The maximum atomic E-state index is 13.9. The molecule has 1 rings (SSSR count). The Labute approximate surface area is 106 Å². The van der Waals surface area contributed by atoms with Crippen molar-refractivity contribution in [1.82, 2.24) is 4.98 Å². The number of esters is 1. The van der Waals surface area contributed by atoms with Crippen LogP contribution in [0, 0.1) is 5.82 Å². The maximum absolute atomic E-state index is 13.9. The van der Waals surface area contributed by atoms with Crippen LogP contribution in [0.4, 0.5) is 4.39 Å². The Morgan fingerprint density at radius 2 is 2.24 bits per heavy atom. The van der Waals surface area contributed by atoms with Crippen LogP contribution >= 0.6 is 15.9 Å². The smallest absolute Gasteiger partial charge is 0.311 e. The van der Waals surface area contributed by atoms with Gasteiger partial charge >= 0.3 is 5.97 Å². The Kier molecular flexibility index (Phi) is 4.74. The molecule has 1 unspecified atom stereocenters. The first kappa shape index (κ1) is 13.8. The standard InChI is InChI=1S/C11H11BrFNO3/c1-6(12)11(16)7-3-4-14-8(10(7)13)5-9(15)17-2/h3-4,6H,5H2,1-2H3. The molecule has 1 aromatic heterocycles. The highest BCUT2D eigenvalue weighted by molar-refractivity contribution is 9.10. The molecule has 0 aliphatic rings. The van der Waals surface area contributed by atoms with E-state index in [1.165, 1.54) is 19.4 Å². The second-order valence-electron chi connectivity index (χ2n) is 3.35. The summed E-state index contributed by atoms with van der Waals surface area (Å²) in [5, 5.41) is 0. The van der Waals surface area contributed by atoms with Crippen LogP contribution in [-0.2, 0) is 16.0 Å². The lowest BCUT2D eigenvalue weighted by Crippen LogP contribution is -2.15. The SMILES string of the molecule is COC(=O)Cc1nccc(C(=O)C(C)Br)c1F. The molecule has 0 spiro atoms. The van der Waals surface area contributed by atoms with E-state index in [1.54, 1.807) is 6.92 Å². The third-order valence-electron chi connectivity index (χ3n) is 2.13. The molecule has 0 fully saturated rings. The molecular weight excluding hydrogens is 293 g/mol. The highest BCUT2D eigenvalue weighted by Gasteiger charge is 2.20. The van der Waals surface area contributed by atoms with Gasteiger partial charge in [-0.05, 0) is 13.0 Å². The second kappa shape index (κ2) is 5.86. The summed E-state index contributed by atoms with van der Waals surface area (Å²) in [6, 6.07) is 1.29. The van der Waals surface area contributed by atoms with Crippen molar-refractivity contribution in [3.63, 3.8) is 0 Å². The van der Waals surface area contributed by atoms with Gasteiger partial charge < -0.3 is 4.74 Å². The number of carbonyl (C=O) groups excluding carboxylic acids is 2. The summed E-state index contributed by atoms with van der Waals surface area (Å²) >= 11 is 3.07. The molecule has 6 heteroatoms. The van der Waals surface area contributed by atoms with Gasteiger partial charge in [-0.25, -0.2) is 4.39 Å². The number of methoxy groups -OCH3 is 1. The molecule has 0 aromatic carbocycles. The molecule has 1 atom stereocenters. The quantitative estimate of drug-likeness (QED) is 0.484. The number of ketones is 1. The van der Waals surface area contributed by atoms with Gasteiger partial charge in [-0.1, -0.05) is 15.9 Å². The molecule has 0 aliphatic heterocycles. The first-order valence-corrected chi connectivity index (χ1v) is 5.77. The second-order valence-corrected chi connectivity index (χ2v) is 4.73. The van der Waals surface area contributed by atoms with E-state index in [0.717, 1.165) is 0 Å². The summed E-state index contributed by atoms with van der Waals surface area (Å²) < 4.78 is 18.3. The summed E-state index contributed by atoms with van der Waals surface area (Å²) in [4.78, 5) is 25.9. The summed E-state index contributed by atoms with van der Waals surface area (Å²) in [6.07, 6.45) is 1.00. The zero-order valence-corrected chi connectivity index (χ0v) is 11.0. The minimum atomic E-state index is -0.769. The van der Waals surface area contributed by atoms with Crippen LogP contribution in [0.2, 0.25) is 0 Å². The molecule has 0 N–H and O–H groups in total. The first-order valence-electron chi connectivity index (χ1n) is 4.85. The maximum Gasteiger partial charge on any atom is 0.311 e. The molecule has 0 radical (unpaired) electrons. The molecule has 0 amide bonds. The van der Waals surface area contributed by atoms with Gasteiger partial charge in [0.25, 0.3) is 0 Å². The molecular formula is C11H11BrFNO3. The van der Waals surface area contributed by atoms with Crippen LogP contribution in [0.1, 0.15) is 23.0 Å². The number of halogens is 2. The number of aromatic nitrogens is 1. The van der Waals surface area contributed by atoms with Crippen molar-refractivity contribution in [3.8, 4) is 0 Å². The minimum Gasteiger partial charge on any atom is -0.469 e. The Morgan fingerprint density at radius 1 is 1.59 bits per heavy atom. The van der Waals surface area contributed by atoms with Crippen LogP contribution in [-0.4, -0.2) is 28.7 Å². The van der Waals surface area contributed by atoms with Crippen LogP contribution < -0.4 is 0 Å². The topological polar surface area (TPSA) is 56.3 Å². The highest BCUT2D eigenvalue weighted by atomic mass is 79.9. The van der Waals surface area contributed by atoms with Gasteiger partial charge in [0.2, 0.25) is 0 Å².